The van der Waals surface area contributed by atoms with E-state index in [1.807, 2.05) is 42.6 Å². The van der Waals surface area contributed by atoms with Crippen LogP contribution in [0.4, 0.5) is 4.39 Å². The van der Waals surface area contributed by atoms with Gasteiger partial charge in [-0.25, -0.2) is 4.39 Å². The van der Waals surface area contributed by atoms with Gasteiger partial charge >= 0.3 is 0 Å². The molecule has 142 valence electrons. The molecule has 1 unspecified atom stereocenters. The van der Waals surface area contributed by atoms with E-state index in [2.05, 4.69) is 11.9 Å². The van der Waals surface area contributed by atoms with Crippen LogP contribution in [0.2, 0.25) is 0 Å². The summed E-state index contributed by atoms with van der Waals surface area (Å²) in [7, 11) is 0. The van der Waals surface area contributed by atoms with Crippen LogP contribution in [0.15, 0.2) is 42.6 Å². The zero-order valence-corrected chi connectivity index (χ0v) is 16.2. The molecule has 1 atom stereocenters. The number of rotatable bonds is 12. The first-order valence-corrected chi connectivity index (χ1v) is 10.0. The van der Waals surface area contributed by atoms with Crippen molar-refractivity contribution in [3.05, 3.63) is 48.2 Å². The Kier molecular flexibility index (Phi) is 9.16. The van der Waals surface area contributed by atoms with Crippen molar-refractivity contribution in [1.29, 1.82) is 0 Å². The third-order valence-corrected chi connectivity index (χ3v) is 4.57. The van der Waals surface area contributed by atoms with Crippen molar-refractivity contribution >= 4 is 0 Å². The van der Waals surface area contributed by atoms with Crippen LogP contribution in [0.25, 0.3) is 11.3 Å². The van der Waals surface area contributed by atoms with E-state index in [0.717, 1.165) is 42.0 Å². The smallest absolute Gasteiger partial charge is 0.119 e. The highest BCUT2D eigenvalue weighted by molar-refractivity contribution is 5.60. The van der Waals surface area contributed by atoms with E-state index in [-0.39, 0.29) is 0 Å². The summed E-state index contributed by atoms with van der Waals surface area (Å²) in [5, 5.41) is 0. The first-order chi connectivity index (χ1) is 12.7. The summed E-state index contributed by atoms with van der Waals surface area (Å²) in [6.45, 7) is 4.62. The normalized spacial score (nSPS) is 12.1. The molecule has 0 saturated carbocycles. The molecule has 0 radical (unpaired) electrons. The number of aromatic nitrogens is 1. The average Bonchev–Trinajstić information content (AvgIpc) is 2.66. The average molecular weight is 358 g/mol. The molecular formula is C23H32FNO. The lowest BCUT2D eigenvalue weighted by molar-refractivity contribution is 0.304. The Morgan fingerprint density at radius 2 is 1.69 bits per heavy atom. The Hall–Kier alpha value is -1.90. The van der Waals surface area contributed by atoms with Gasteiger partial charge in [-0.1, -0.05) is 45.1 Å². The maximum atomic E-state index is 12.9. The lowest BCUT2D eigenvalue weighted by atomic mass is 10.1. The molecular weight excluding hydrogens is 325 g/mol. The summed E-state index contributed by atoms with van der Waals surface area (Å²) in [4.78, 5) is 4.50. The minimum absolute atomic E-state index is 0.547. The molecule has 0 fully saturated rings. The number of hydrogen-bond donors (Lipinski definition) is 0. The van der Waals surface area contributed by atoms with Crippen molar-refractivity contribution < 1.29 is 9.13 Å². The van der Waals surface area contributed by atoms with Gasteiger partial charge in [0.05, 0.1) is 18.5 Å². The van der Waals surface area contributed by atoms with E-state index in [1.165, 1.54) is 32.1 Å². The monoisotopic (exact) mass is 357 g/mol. The molecule has 2 nitrogen and oxygen atoms in total. The van der Waals surface area contributed by atoms with Gasteiger partial charge in [0.1, 0.15) is 5.75 Å². The van der Waals surface area contributed by atoms with Gasteiger partial charge in [0.25, 0.3) is 0 Å². The van der Waals surface area contributed by atoms with E-state index >= 15 is 0 Å². The minimum Gasteiger partial charge on any atom is -0.494 e. The van der Waals surface area contributed by atoms with Crippen LogP contribution in [-0.2, 0) is 6.42 Å². The van der Waals surface area contributed by atoms with Crippen LogP contribution in [-0.4, -0.2) is 17.8 Å². The second-order valence-corrected chi connectivity index (χ2v) is 7.01. The van der Waals surface area contributed by atoms with Crippen LogP contribution in [0.3, 0.4) is 0 Å². The standard InChI is InChI=1S/C23H32FNO/c1-3-4-5-6-7-8-17-26-22-14-12-21(13-15-22)23-16-11-20(18-25-23)10-9-19(2)24/h11-16,18-19H,3-10,17H2,1-2H3. The molecule has 0 bridgehead atoms. The van der Waals surface area contributed by atoms with Gasteiger partial charge < -0.3 is 4.74 Å². The van der Waals surface area contributed by atoms with Crippen molar-refractivity contribution in [2.24, 2.45) is 0 Å². The molecule has 2 rings (SSSR count). The fourth-order valence-electron chi connectivity index (χ4n) is 2.90. The molecule has 0 saturated heterocycles. The van der Waals surface area contributed by atoms with Gasteiger partial charge in [0.15, 0.2) is 0 Å². The fourth-order valence-corrected chi connectivity index (χ4v) is 2.90. The molecule has 26 heavy (non-hydrogen) atoms. The maximum Gasteiger partial charge on any atom is 0.119 e. The quantitative estimate of drug-likeness (QED) is 0.391. The molecule has 1 heterocycles. The number of benzene rings is 1. The summed E-state index contributed by atoms with van der Waals surface area (Å²) in [5.41, 5.74) is 3.09. The molecule has 1 aromatic carbocycles. The number of halogens is 1. The van der Waals surface area contributed by atoms with Gasteiger partial charge in [-0.2, -0.15) is 0 Å². The molecule has 1 aromatic heterocycles. The second kappa shape index (κ2) is 11.7. The zero-order chi connectivity index (χ0) is 18.6. The van der Waals surface area contributed by atoms with Crippen molar-refractivity contribution in [3.8, 4) is 17.0 Å². The summed E-state index contributed by atoms with van der Waals surface area (Å²) in [6, 6.07) is 12.1. The van der Waals surface area contributed by atoms with Gasteiger partial charge in [-0.15, -0.1) is 0 Å². The predicted octanol–water partition coefficient (Wildman–Crippen LogP) is 6.78. The molecule has 2 aromatic rings. The Labute approximate surface area is 157 Å². The molecule has 0 aliphatic carbocycles. The Morgan fingerprint density at radius 3 is 2.35 bits per heavy atom. The highest BCUT2D eigenvalue weighted by Crippen LogP contribution is 2.21. The van der Waals surface area contributed by atoms with Gasteiger partial charge in [-0.3, -0.25) is 4.98 Å². The van der Waals surface area contributed by atoms with Gasteiger partial charge in [0.2, 0.25) is 0 Å². The lowest BCUT2D eigenvalue weighted by Crippen LogP contribution is -1.97. The Balaban J connectivity index is 1.76. The highest BCUT2D eigenvalue weighted by atomic mass is 19.1. The van der Waals surface area contributed by atoms with E-state index in [9.17, 15) is 4.39 Å². The number of unbranched alkanes of at least 4 members (excludes halogenated alkanes) is 5. The third-order valence-electron chi connectivity index (χ3n) is 4.57. The van der Waals surface area contributed by atoms with E-state index in [1.54, 1.807) is 6.92 Å². The van der Waals surface area contributed by atoms with Crippen molar-refractivity contribution in [1.82, 2.24) is 4.98 Å². The minimum atomic E-state index is -0.765. The molecule has 0 N–H and O–H groups in total. The van der Waals surface area contributed by atoms with Crippen LogP contribution >= 0.6 is 0 Å². The molecule has 3 heteroatoms. The largest absolute Gasteiger partial charge is 0.494 e. The summed E-state index contributed by atoms with van der Waals surface area (Å²) >= 11 is 0. The molecule has 0 spiro atoms. The van der Waals surface area contributed by atoms with Gasteiger partial charge in [0, 0.05) is 11.8 Å². The summed E-state index contributed by atoms with van der Waals surface area (Å²) in [5.74, 6) is 0.913. The second-order valence-electron chi connectivity index (χ2n) is 7.01. The van der Waals surface area contributed by atoms with Crippen LogP contribution in [0.5, 0.6) is 5.75 Å². The topological polar surface area (TPSA) is 22.1 Å². The SMILES string of the molecule is CCCCCCCCOc1ccc(-c2ccc(CCC(C)F)cn2)cc1. The maximum absolute atomic E-state index is 12.9. The third kappa shape index (κ3) is 7.55. The summed E-state index contributed by atoms with van der Waals surface area (Å²) < 4.78 is 18.7. The zero-order valence-electron chi connectivity index (χ0n) is 16.2. The van der Waals surface area contributed by atoms with E-state index in [0.29, 0.717) is 6.42 Å². The molecule has 0 aliphatic heterocycles. The van der Waals surface area contributed by atoms with E-state index in [4.69, 9.17) is 4.74 Å². The first kappa shape index (κ1) is 20.4. The Morgan fingerprint density at radius 1 is 0.962 bits per heavy atom. The predicted molar refractivity (Wildman–Crippen MR) is 107 cm³/mol. The van der Waals surface area contributed by atoms with Gasteiger partial charge in [-0.05, 0) is 62.1 Å². The van der Waals surface area contributed by atoms with Crippen LogP contribution < -0.4 is 4.74 Å². The lowest BCUT2D eigenvalue weighted by Gasteiger charge is -2.08. The summed E-state index contributed by atoms with van der Waals surface area (Å²) in [6.07, 6.45) is 10.00. The number of aryl methyl sites for hydroxylation is 1. The molecule has 0 amide bonds. The number of nitrogens with zero attached hydrogens (tertiary/aromatic N) is 1. The number of hydrogen-bond acceptors (Lipinski definition) is 2. The van der Waals surface area contributed by atoms with Crippen LogP contribution in [0.1, 0.15) is 64.4 Å². The number of ether oxygens (including phenoxy) is 1. The number of alkyl halides is 1. The molecule has 0 aliphatic rings. The fraction of sp³-hybridized carbons (Fsp3) is 0.522. The van der Waals surface area contributed by atoms with E-state index < -0.39 is 6.17 Å². The number of pyridine rings is 1. The first-order valence-electron chi connectivity index (χ1n) is 10.0. The highest BCUT2D eigenvalue weighted by Gasteiger charge is 2.03. The van der Waals surface area contributed by atoms with Crippen molar-refractivity contribution in [3.63, 3.8) is 0 Å². The van der Waals surface area contributed by atoms with Crippen LogP contribution in [0, 0.1) is 0 Å². The Bertz CT molecular complexity index is 607. The van der Waals surface area contributed by atoms with Crippen molar-refractivity contribution in [2.45, 2.75) is 71.4 Å². The van der Waals surface area contributed by atoms with Crippen molar-refractivity contribution in [2.75, 3.05) is 6.61 Å².